The average molecular weight is 471 g/mol. The van der Waals surface area contributed by atoms with Crippen LogP contribution in [-0.2, 0) is 21.3 Å². The Morgan fingerprint density at radius 1 is 1.30 bits per heavy atom. The zero-order chi connectivity index (χ0) is 23.8. The van der Waals surface area contributed by atoms with Gasteiger partial charge in [-0.05, 0) is 57.7 Å². The Morgan fingerprint density at radius 3 is 2.73 bits per heavy atom. The molecule has 2 N–H and O–H groups in total. The third-order valence-corrected chi connectivity index (χ3v) is 6.52. The van der Waals surface area contributed by atoms with Crippen LogP contribution < -0.4 is 10.0 Å². The molecule has 1 amide bonds. The molecule has 0 aromatic carbocycles. The van der Waals surface area contributed by atoms with E-state index in [2.05, 4.69) is 36.7 Å². The maximum Gasteiger partial charge on any atom is 0.270 e. The molecule has 0 unspecified atom stereocenters. The smallest absolute Gasteiger partial charge is 0.270 e. The summed E-state index contributed by atoms with van der Waals surface area (Å²) in [5, 5.41) is 2.41. The van der Waals surface area contributed by atoms with Crippen molar-refractivity contribution >= 4 is 34.0 Å². The lowest BCUT2D eigenvalue weighted by molar-refractivity contribution is 0.0945. The second-order valence-electron chi connectivity index (χ2n) is 7.28. The first-order valence-corrected chi connectivity index (χ1v) is 11.9. The van der Waals surface area contributed by atoms with Crippen molar-refractivity contribution in [3.63, 3.8) is 0 Å². The molecule has 10 nitrogen and oxygen atoms in total. The summed E-state index contributed by atoms with van der Waals surface area (Å²) >= 11 is 0. The van der Waals surface area contributed by atoms with Crippen LogP contribution >= 0.6 is 0 Å². The summed E-state index contributed by atoms with van der Waals surface area (Å²) < 4.78 is 32.1. The molecule has 1 fully saturated rings. The maximum absolute atomic E-state index is 12.5. The van der Waals surface area contributed by atoms with Crippen LogP contribution in [0.3, 0.4) is 0 Å². The van der Waals surface area contributed by atoms with Crippen molar-refractivity contribution in [3.8, 4) is 0 Å². The Bertz CT molecular complexity index is 1170. The quantitative estimate of drug-likeness (QED) is 0.383. The third kappa shape index (κ3) is 6.94. The molecule has 33 heavy (non-hydrogen) atoms. The number of ether oxygens (including phenoxy) is 1. The number of sulfonamides is 1. The van der Waals surface area contributed by atoms with E-state index >= 15 is 0 Å². The lowest BCUT2D eigenvalue weighted by Crippen LogP contribution is -2.24. The van der Waals surface area contributed by atoms with Crippen LogP contribution in [-0.4, -0.2) is 48.6 Å². The molecule has 0 bridgehead atoms. The number of aromatic nitrogens is 2. The van der Waals surface area contributed by atoms with Crippen LogP contribution in [0.1, 0.15) is 48.4 Å². The van der Waals surface area contributed by atoms with Crippen LogP contribution in [0.5, 0.6) is 0 Å². The van der Waals surface area contributed by atoms with Crippen molar-refractivity contribution in [2.75, 3.05) is 11.3 Å². The van der Waals surface area contributed by atoms with Gasteiger partial charge in [0.1, 0.15) is 5.69 Å². The highest BCUT2D eigenvalue weighted by atomic mass is 32.2. The standard InChI is InChI=1S/C22H26N6O4S/c1-4-32-21(14-23-3)27-15(2)16-5-8-20(25-12-16)22(29)26-13-18-11-17(9-10-24-18)28-33(30,31)19-6-7-19/h5,8-12,14,19H,3-4,6-7,13H2,1-2H3,(H,24,28)(H,26,29)/b21-14+,27-15?. The molecular formula is C22H26N6O4S. The zero-order valence-corrected chi connectivity index (χ0v) is 19.3. The van der Waals surface area contributed by atoms with E-state index in [-0.39, 0.29) is 23.4 Å². The summed E-state index contributed by atoms with van der Waals surface area (Å²) in [4.78, 5) is 28.9. The Hall–Kier alpha value is -3.60. The second kappa shape index (κ2) is 10.8. The molecular weight excluding hydrogens is 444 g/mol. The molecule has 0 spiro atoms. The summed E-state index contributed by atoms with van der Waals surface area (Å²) in [7, 11) is -3.36. The number of rotatable bonds is 11. The number of aliphatic imine (C=N–C) groups is 2. The van der Waals surface area contributed by atoms with Gasteiger partial charge in [0.15, 0.2) is 0 Å². The van der Waals surface area contributed by atoms with Gasteiger partial charge in [0.05, 0.1) is 41.7 Å². The summed E-state index contributed by atoms with van der Waals surface area (Å²) in [6, 6.07) is 6.50. The number of carbonyl (C=O) groups excluding carboxylic acids is 1. The Labute approximate surface area is 193 Å². The normalized spacial score (nSPS) is 14.5. The van der Waals surface area contributed by atoms with Gasteiger partial charge in [-0.2, -0.15) is 0 Å². The van der Waals surface area contributed by atoms with Gasteiger partial charge in [0, 0.05) is 18.0 Å². The Kier molecular flexibility index (Phi) is 7.88. The van der Waals surface area contributed by atoms with Crippen LogP contribution in [0.4, 0.5) is 5.69 Å². The first kappa shape index (κ1) is 24.1. The van der Waals surface area contributed by atoms with Crippen molar-refractivity contribution in [1.82, 2.24) is 15.3 Å². The highest BCUT2D eigenvalue weighted by Gasteiger charge is 2.35. The van der Waals surface area contributed by atoms with Crippen LogP contribution in [0.15, 0.2) is 58.7 Å². The highest BCUT2D eigenvalue weighted by Crippen LogP contribution is 2.29. The minimum atomic E-state index is -3.36. The SMILES string of the molecule is C=N/C=C(\N=C(C)c1ccc(C(=O)NCc2cc(NS(=O)(=O)C3CC3)ccn2)nc1)OCC. The lowest BCUT2D eigenvalue weighted by Gasteiger charge is -2.09. The second-order valence-corrected chi connectivity index (χ2v) is 9.24. The Morgan fingerprint density at radius 2 is 2.09 bits per heavy atom. The third-order valence-electron chi connectivity index (χ3n) is 4.66. The molecule has 2 heterocycles. The summed E-state index contributed by atoms with van der Waals surface area (Å²) in [6.07, 6.45) is 5.81. The van der Waals surface area contributed by atoms with E-state index < -0.39 is 10.0 Å². The van der Waals surface area contributed by atoms with Crippen molar-refractivity contribution in [1.29, 1.82) is 0 Å². The van der Waals surface area contributed by atoms with E-state index in [4.69, 9.17) is 4.74 Å². The Balaban J connectivity index is 1.60. The largest absolute Gasteiger partial charge is 0.477 e. The molecule has 3 rings (SSSR count). The molecule has 1 aliphatic rings. The summed E-state index contributed by atoms with van der Waals surface area (Å²) in [5.74, 6) is -0.0476. The number of pyridine rings is 2. The highest BCUT2D eigenvalue weighted by molar-refractivity contribution is 7.93. The fraction of sp³-hybridized carbons (Fsp3) is 0.318. The van der Waals surface area contributed by atoms with Gasteiger partial charge in [-0.15, -0.1) is 0 Å². The van der Waals surface area contributed by atoms with E-state index in [9.17, 15) is 13.2 Å². The fourth-order valence-electron chi connectivity index (χ4n) is 2.82. The number of anilines is 1. The van der Waals surface area contributed by atoms with Crippen molar-refractivity contribution < 1.29 is 17.9 Å². The van der Waals surface area contributed by atoms with Gasteiger partial charge in [-0.1, -0.05) is 0 Å². The van der Waals surface area contributed by atoms with Gasteiger partial charge in [0.2, 0.25) is 15.9 Å². The van der Waals surface area contributed by atoms with E-state index in [1.54, 1.807) is 37.4 Å². The molecule has 1 aliphatic carbocycles. The molecule has 0 radical (unpaired) electrons. The van der Waals surface area contributed by atoms with Gasteiger partial charge in [0.25, 0.3) is 5.91 Å². The van der Waals surface area contributed by atoms with E-state index in [1.165, 1.54) is 12.4 Å². The molecule has 1 saturated carbocycles. The van der Waals surface area contributed by atoms with E-state index in [1.807, 2.05) is 6.92 Å². The molecule has 11 heteroatoms. The van der Waals surface area contributed by atoms with Crippen LogP contribution in [0, 0.1) is 0 Å². The molecule has 174 valence electrons. The first-order valence-electron chi connectivity index (χ1n) is 10.4. The van der Waals surface area contributed by atoms with Gasteiger partial charge >= 0.3 is 0 Å². The lowest BCUT2D eigenvalue weighted by atomic mass is 10.2. The zero-order valence-electron chi connectivity index (χ0n) is 18.5. The number of hydrogen-bond acceptors (Lipinski definition) is 8. The molecule has 0 atom stereocenters. The summed E-state index contributed by atoms with van der Waals surface area (Å²) in [5.41, 5.74) is 2.53. The molecule has 0 aliphatic heterocycles. The number of amides is 1. The van der Waals surface area contributed by atoms with E-state index in [0.717, 1.165) is 5.56 Å². The molecule has 2 aromatic heterocycles. The fourth-order valence-corrected chi connectivity index (χ4v) is 4.20. The number of hydrogen-bond donors (Lipinski definition) is 2. The first-order chi connectivity index (χ1) is 15.8. The summed E-state index contributed by atoms with van der Waals surface area (Å²) in [6.45, 7) is 7.60. The predicted molar refractivity (Wildman–Crippen MR) is 127 cm³/mol. The van der Waals surface area contributed by atoms with Crippen molar-refractivity contribution in [2.45, 2.75) is 38.5 Å². The van der Waals surface area contributed by atoms with Crippen molar-refractivity contribution in [3.05, 3.63) is 65.7 Å². The van der Waals surface area contributed by atoms with Gasteiger partial charge in [-0.3, -0.25) is 24.5 Å². The monoisotopic (exact) mass is 470 g/mol. The number of nitrogens with zero attached hydrogens (tertiary/aromatic N) is 4. The number of carbonyl (C=O) groups is 1. The minimum absolute atomic E-state index is 0.124. The average Bonchev–Trinajstić information content (AvgIpc) is 3.64. The van der Waals surface area contributed by atoms with Gasteiger partial charge in [-0.25, -0.2) is 13.4 Å². The maximum atomic E-state index is 12.5. The molecule has 2 aromatic rings. The van der Waals surface area contributed by atoms with E-state index in [0.29, 0.717) is 42.4 Å². The minimum Gasteiger partial charge on any atom is -0.477 e. The molecule has 0 saturated heterocycles. The van der Waals surface area contributed by atoms with Crippen molar-refractivity contribution in [2.24, 2.45) is 9.98 Å². The van der Waals surface area contributed by atoms with Crippen LogP contribution in [0.25, 0.3) is 0 Å². The van der Waals surface area contributed by atoms with Crippen LogP contribution in [0.2, 0.25) is 0 Å². The van der Waals surface area contributed by atoms with Gasteiger partial charge < -0.3 is 10.1 Å². The topological polar surface area (TPSA) is 135 Å². The number of nitrogens with one attached hydrogen (secondary N) is 2. The predicted octanol–water partition coefficient (Wildman–Crippen LogP) is 2.66.